The van der Waals surface area contributed by atoms with Crippen molar-refractivity contribution in [1.82, 2.24) is 0 Å². The minimum atomic E-state index is -2.01. The molecule has 0 heterocycles. The Bertz CT molecular complexity index is 868. The van der Waals surface area contributed by atoms with Gasteiger partial charge in [-0.15, -0.1) is 0 Å². The van der Waals surface area contributed by atoms with Crippen molar-refractivity contribution in [2.24, 2.45) is 0 Å². The van der Waals surface area contributed by atoms with Crippen LogP contribution in [-0.4, -0.2) is 14.5 Å². The van der Waals surface area contributed by atoms with Gasteiger partial charge in [0.1, 0.15) is 5.75 Å². The van der Waals surface area contributed by atoms with E-state index >= 15 is 0 Å². The van der Waals surface area contributed by atoms with Gasteiger partial charge >= 0.3 is 0 Å². The molecule has 3 heteroatoms. The summed E-state index contributed by atoms with van der Waals surface area (Å²) in [4.78, 5) is 0. The highest BCUT2D eigenvalue weighted by atomic mass is 35.6. The maximum absolute atomic E-state index is 6.99. The van der Waals surface area contributed by atoms with Crippen molar-refractivity contribution in [2.45, 2.75) is 52.6 Å². The molecule has 0 N–H and O–H groups in total. The summed E-state index contributed by atoms with van der Waals surface area (Å²) < 4.78 is 6.03. The fraction of sp³-hybridized carbons (Fsp3) is 0.391. The highest BCUT2D eigenvalue weighted by molar-refractivity contribution is 7.29. The zero-order chi connectivity index (χ0) is 19.3. The van der Waals surface area contributed by atoms with E-state index in [1.165, 1.54) is 38.6 Å². The van der Waals surface area contributed by atoms with E-state index in [0.717, 1.165) is 12.2 Å². The first kappa shape index (κ1) is 19.3. The lowest BCUT2D eigenvalue weighted by Crippen LogP contribution is -2.21. The molecule has 138 valence electrons. The largest absolute Gasteiger partial charge is 0.496 e. The van der Waals surface area contributed by atoms with Gasteiger partial charge in [0, 0.05) is 11.1 Å². The van der Waals surface area contributed by atoms with Gasteiger partial charge in [0.15, 0.2) is 7.38 Å². The van der Waals surface area contributed by atoms with Crippen molar-refractivity contribution >= 4 is 23.7 Å². The van der Waals surface area contributed by atoms with Gasteiger partial charge in [-0.1, -0.05) is 75.8 Å². The molecule has 2 aromatic rings. The van der Waals surface area contributed by atoms with Crippen LogP contribution < -0.4 is 4.74 Å². The maximum Gasteiger partial charge on any atom is 0.181 e. The molecule has 1 aliphatic rings. The number of methoxy groups -OCH3 is 1. The minimum absolute atomic E-state index is 0.00841. The number of ether oxygens (including phenoxy) is 1. The number of rotatable bonds is 3. The van der Waals surface area contributed by atoms with Crippen molar-refractivity contribution in [3.8, 4) is 16.9 Å². The first-order valence-corrected chi connectivity index (χ1v) is 13.3. The second-order valence-corrected chi connectivity index (χ2v) is 15.1. The summed E-state index contributed by atoms with van der Waals surface area (Å²) >= 11 is 6.99. The Labute approximate surface area is 163 Å². The maximum atomic E-state index is 6.99. The van der Waals surface area contributed by atoms with E-state index in [1.807, 2.05) is 0 Å². The van der Waals surface area contributed by atoms with Crippen molar-refractivity contribution < 1.29 is 4.74 Å². The van der Waals surface area contributed by atoms with Crippen LogP contribution in [0.1, 0.15) is 44.4 Å². The van der Waals surface area contributed by atoms with Crippen molar-refractivity contribution in [3.63, 3.8) is 0 Å². The lowest BCUT2D eigenvalue weighted by molar-refractivity contribution is 0.399. The lowest BCUT2D eigenvalue weighted by Gasteiger charge is -2.28. The molecule has 2 aromatic carbocycles. The zero-order valence-corrected chi connectivity index (χ0v) is 18.7. The molecule has 0 aliphatic heterocycles. The number of hydrogen-bond acceptors (Lipinski definition) is 1. The predicted molar refractivity (Wildman–Crippen MR) is 117 cm³/mol. The number of benzene rings is 2. The summed E-state index contributed by atoms with van der Waals surface area (Å²) in [6.07, 6.45) is 0.987. The molecule has 0 spiro atoms. The van der Waals surface area contributed by atoms with E-state index in [9.17, 15) is 0 Å². The molecule has 0 bridgehead atoms. The van der Waals surface area contributed by atoms with Crippen LogP contribution in [-0.2, 0) is 11.8 Å². The normalized spacial score (nSPS) is 14.6. The third-order valence-corrected chi connectivity index (χ3v) is 7.60. The highest BCUT2D eigenvalue weighted by Gasteiger charge is 2.37. The van der Waals surface area contributed by atoms with Crippen LogP contribution in [0.4, 0.5) is 0 Å². The third kappa shape index (κ3) is 3.25. The van der Waals surface area contributed by atoms with Crippen LogP contribution in [0.15, 0.2) is 42.0 Å². The molecule has 1 nitrogen and oxygen atoms in total. The van der Waals surface area contributed by atoms with E-state index in [4.69, 9.17) is 15.8 Å². The standard InChI is InChI=1S/C23H29ClOSi/c1-15-13-17-14-18(23(2,3)4)21(25-5)19(16-11-9-8-10-12-16)20(17)22(15)26(6,7)24/h8-12,14H,13H2,1-7H3. The minimum Gasteiger partial charge on any atom is -0.496 e. The fourth-order valence-corrected chi connectivity index (χ4v) is 6.94. The summed E-state index contributed by atoms with van der Waals surface area (Å²) in [5.74, 6) is 0.990. The fourth-order valence-electron chi connectivity index (χ4n) is 4.19. The van der Waals surface area contributed by atoms with Crippen LogP contribution in [0.2, 0.25) is 13.1 Å². The Balaban J connectivity index is 2.45. The molecular formula is C23H29ClOSi. The summed E-state index contributed by atoms with van der Waals surface area (Å²) in [5.41, 5.74) is 7.82. The third-order valence-electron chi connectivity index (χ3n) is 5.16. The molecule has 0 amide bonds. The van der Waals surface area contributed by atoms with Crippen molar-refractivity contribution in [1.29, 1.82) is 0 Å². The molecule has 1 aliphatic carbocycles. The molecule has 0 saturated heterocycles. The van der Waals surface area contributed by atoms with Gasteiger partial charge in [0.05, 0.1) is 7.11 Å². The van der Waals surface area contributed by atoms with Gasteiger partial charge in [-0.2, -0.15) is 11.1 Å². The Hall–Kier alpha value is -1.51. The second-order valence-electron chi connectivity index (χ2n) is 8.79. The molecule has 0 aromatic heterocycles. The number of allylic oxidation sites excluding steroid dienone is 1. The molecular weight excluding hydrogens is 356 g/mol. The quantitative estimate of drug-likeness (QED) is 0.410. The Morgan fingerprint density at radius 1 is 1.04 bits per heavy atom. The molecule has 0 unspecified atom stereocenters. The van der Waals surface area contributed by atoms with Gasteiger partial charge in [0.25, 0.3) is 0 Å². The second kappa shape index (κ2) is 6.58. The van der Waals surface area contributed by atoms with Gasteiger partial charge in [0.2, 0.25) is 0 Å². The SMILES string of the molecule is COc1c(C(C)(C)C)cc2c(c1-c1ccccc1)C([Si](C)(C)Cl)=C(C)C2. The molecule has 0 radical (unpaired) electrons. The smallest absolute Gasteiger partial charge is 0.181 e. The topological polar surface area (TPSA) is 9.23 Å². The van der Waals surface area contributed by atoms with Crippen LogP contribution in [0.25, 0.3) is 16.3 Å². The monoisotopic (exact) mass is 384 g/mol. The van der Waals surface area contributed by atoms with Crippen LogP contribution >= 0.6 is 11.1 Å². The van der Waals surface area contributed by atoms with Gasteiger partial charge < -0.3 is 4.74 Å². The number of fused-ring (bicyclic) bond motifs is 1. The van der Waals surface area contributed by atoms with Crippen molar-refractivity contribution in [3.05, 3.63) is 58.7 Å². The summed E-state index contributed by atoms with van der Waals surface area (Å²) in [7, 11) is -0.216. The lowest BCUT2D eigenvalue weighted by atomic mass is 9.81. The number of halogens is 1. The van der Waals surface area contributed by atoms with E-state index < -0.39 is 7.38 Å². The van der Waals surface area contributed by atoms with Gasteiger partial charge in [-0.25, -0.2) is 0 Å². The number of hydrogen-bond donors (Lipinski definition) is 0. The van der Waals surface area contributed by atoms with Crippen LogP contribution in [0.3, 0.4) is 0 Å². The Morgan fingerprint density at radius 3 is 2.15 bits per heavy atom. The van der Waals surface area contributed by atoms with E-state index in [-0.39, 0.29) is 5.41 Å². The van der Waals surface area contributed by atoms with E-state index in [2.05, 4.69) is 77.2 Å². The van der Waals surface area contributed by atoms with E-state index in [0.29, 0.717) is 0 Å². The Kier molecular flexibility index (Phi) is 4.87. The van der Waals surface area contributed by atoms with Crippen LogP contribution in [0.5, 0.6) is 5.75 Å². The van der Waals surface area contributed by atoms with Gasteiger partial charge in [-0.05, 0) is 40.6 Å². The first-order chi connectivity index (χ1) is 12.1. The molecule has 0 fully saturated rings. The highest BCUT2D eigenvalue weighted by Crippen LogP contribution is 2.51. The summed E-state index contributed by atoms with van der Waals surface area (Å²) in [6.45, 7) is 13.4. The average molecular weight is 385 g/mol. The first-order valence-electron chi connectivity index (χ1n) is 9.25. The van der Waals surface area contributed by atoms with E-state index in [1.54, 1.807) is 7.11 Å². The molecule has 0 saturated carbocycles. The van der Waals surface area contributed by atoms with Crippen LogP contribution in [0, 0.1) is 0 Å². The zero-order valence-electron chi connectivity index (χ0n) is 17.0. The van der Waals surface area contributed by atoms with Gasteiger partial charge in [-0.3, -0.25) is 0 Å². The summed E-state index contributed by atoms with van der Waals surface area (Å²) in [5, 5.41) is 1.38. The molecule has 3 rings (SSSR count). The summed E-state index contributed by atoms with van der Waals surface area (Å²) in [6, 6.07) is 13.0. The Morgan fingerprint density at radius 2 is 1.65 bits per heavy atom. The average Bonchev–Trinajstić information content (AvgIpc) is 2.88. The molecule has 26 heavy (non-hydrogen) atoms. The predicted octanol–water partition coefficient (Wildman–Crippen LogP) is 6.97. The molecule has 0 atom stereocenters. The van der Waals surface area contributed by atoms with Crippen molar-refractivity contribution in [2.75, 3.05) is 7.11 Å².